The highest BCUT2D eigenvalue weighted by Crippen LogP contribution is 2.19. The molecule has 2 aromatic rings. The van der Waals surface area contributed by atoms with E-state index in [1.807, 2.05) is 36.4 Å². The van der Waals surface area contributed by atoms with E-state index in [-0.39, 0.29) is 6.03 Å². The molecular formula is C21H25ClN2O2. The molecule has 2 rings (SSSR count). The molecular weight excluding hydrogens is 348 g/mol. The lowest BCUT2D eigenvalue weighted by molar-refractivity contribution is 0.216. The minimum absolute atomic E-state index is 0.120. The van der Waals surface area contributed by atoms with Gasteiger partial charge in [-0.1, -0.05) is 55.3 Å². The van der Waals surface area contributed by atoms with Crippen molar-refractivity contribution in [3.05, 3.63) is 65.2 Å². The number of amides is 2. The molecule has 0 spiro atoms. The Morgan fingerprint density at radius 1 is 1.19 bits per heavy atom. The molecule has 0 aliphatic heterocycles. The van der Waals surface area contributed by atoms with E-state index in [4.69, 9.17) is 16.3 Å². The van der Waals surface area contributed by atoms with Crippen LogP contribution in [0.3, 0.4) is 0 Å². The smallest absolute Gasteiger partial charge is 0.322 e. The SMILES string of the molecule is CCCCN(C/C=C/c1ccccc1OC)C(=O)Nc1ccc(Cl)cc1. The third-order valence-electron chi connectivity index (χ3n) is 3.93. The highest BCUT2D eigenvalue weighted by Gasteiger charge is 2.11. The van der Waals surface area contributed by atoms with Gasteiger partial charge in [-0.15, -0.1) is 0 Å². The third kappa shape index (κ3) is 6.12. The summed E-state index contributed by atoms with van der Waals surface area (Å²) >= 11 is 5.89. The van der Waals surface area contributed by atoms with Crippen molar-refractivity contribution in [2.45, 2.75) is 19.8 Å². The highest BCUT2D eigenvalue weighted by atomic mass is 35.5. The fourth-order valence-electron chi connectivity index (χ4n) is 2.47. The first-order valence-electron chi connectivity index (χ1n) is 8.75. The number of benzene rings is 2. The van der Waals surface area contributed by atoms with Crippen LogP contribution in [0.25, 0.3) is 6.08 Å². The van der Waals surface area contributed by atoms with Gasteiger partial charge < -0.3 is 15.0 Å². The largest absolute Gasteiger partial charge is 0.496 e. The van der Waals surface area contributed by atoms with Gasteiger partial charge in [0.2, 0.25) is 0 Å². The van der Waals surface area contributed by atoms with Gasteiger partial charge in [-0.05, 0) is 36.8 Å². The monoisotopic (exact) mass is 372 g/mol. The van der Waals surface area contributed by atoms with Crippen molar-refractivity contribution in [2.75, 3.05) is 25.5 Å². The van der Waals surface area contributed by atoms with Gasteiger partial charge in [-0.25, -0.2) is 4.79 Å². The topological polar surface area (TPSA) is 41.6 Å². The van der Waals surface area contributed by atoms with Gasteiger partial charge in [-0.3, -0.25) is 0 Å². The van der Waals surface area contributed by atoms with Crippen LogP contribution in [0.1, 0.15) is 25.3 Å². The van der Waals surface area contributed by atoms with E-state index in [1.54, 1.807) is 36.3 Å². The maximum atomic E-state index is 12.6. The number of urea groups is 1. The Hall–Kier alpha value is -2.46. The summed E-state index contributed by atoms with van der Waals surface area (Å²) in [7, 11) is 1.65. The number of methoxy groups -OCH3 is 1. The third-order valence-corrected chi connectivity index (χ3v) is 4.18. The zero-order valence-electron chi connectivity index (χ0n) is 15.2. The lowest BCUT2D eigenvalue weighted by atomic mass is 10.2. The maximum Gasteiger partial charge on any atom is 0.322 e. The number of anilines is 1. The molecule has 2 amide bonds. The van der Waals surface area contributed by atoms with Crippen LogP contribution < -0.4 is 10.1 Å². The van der Waals surface area contributed by atoms with Gasteiger partial charge in [0, 0.05) is 29.4 Å². The van der Waals surface area contributed by atoms with Crippen LogP contribution in [0.4, 0.5) is 10.5 Å². The molecule has 0 unspecified atom stereocenters. The molecule has 0 saturated heterocycles. The number of carbonyl (C=O) groups is 1. The predicted octanol–water partition coefficient (Wildman–Crippen LogP) is 5.70. The van der Waals surface area contributed by atoms with Crippen molar-refractivity contribution in [3.8, 4) is 5.75 Å². The lowest BCUT2D eigenvalue weighted by Gasteiger charge is -2.21. The Kier molecular flexibility index (Phi) is 8.03. The van der Waals surface area contributed by atoms with Gasteiger partial charge in [0.15, 0.2) is 0 Å². The van der Waals surface area contributed by atoms with E-state index in [0.29, 0.717) is 18.1 Å². The number of halogens is 1. The summed E-state index contributed by atoms with van der Waals surface area (Å²) < 4.78 is 5.35. The summed E-state index contributed by atoms with van der Waals surface area (Å²) in [6.07, 6.45) is 5.94. The van der Waals surface area contributed by atoms with Crippen LogP contribution in [-0.2, 0) is 0 Å². The molecule has 0 aliphatic rings. The van der Waals surface area contributed by atoms with Crippen LogP contribution in [-0.4, -0.2) is 31.1 Å². The molecule has 0 aromatic heterocycles. The summed E-state index contributed by atoms with van der Waals surface area (Å²) in [6, 6.07) is 14.8. The molecule has 2 aromatic carbocycles. The number of para-hydroxylation sites is 1. The van der Waals surface area contributed by atoms with Crippen molar-refractivity contribution in [1.29, 1.82) is 0 Å². The second-order valence-electron chi connectivity index (χ2n) is 5.88. The van der Waals surface area contributed by atoms with Gasteiger partial charge in [0.25, 0.3) is 0 Å². The maximum absolute atomic E-state index is 12.6. The molecule has 138 valence electrons. The van der Waals surface area contributed by atoms with Crippen molar-refractivity contribution in [2.24, 2.45) is 0 Å². The second kappa shape index (κ2) is 10.5. The van der Waals surface area contributed by atoms with Crippen molar-refractivity contribution >= 4 is 29.4 Å². The van der Waals surface area contributed by atoms with Gasteiger partial charge >= 0.3 is 6.03 Å². The molecule has 0 fully saturated rings. The zero-order valence-corrected chi connectivity index (χ0v) is 16.0. The molecule has 4 nitrogen and oxygen atoms in total. The Labute approximate surface area is 160 Å². The molecule has 1 N–H and O–H groups in total. The summed E-state index contributed by atoms with van der Waals surface area (Å²) in [5, 5.41) is 3.56. The van der Waals surface area contributed by atoms with Crippen LogP contribution in [0.5, 0.6) is 5.75 Å². The standard InChI is InChI=1S/C21H25ClN2O2/c1-3-4-15-24(21(25)23-19-13-11-18(22)12-14-19)16-7-9-17-8-5-6-10-20(17)26-2/h5-14H,3-4,15-16H2,1-2H3,(H,23,25)/b9-7+. The molecule has 0 bridgehead atoms. The summed E-state index contributed by atoms with van der Waals surface area (Å²) in [5.41, 5.74) is 1.72. The number of rotatable bonds is 8. The van der Waals surface area contributed by atoms with E-state index < -0.39 is 0 Å². The van der Waals surface area contributed by atoms with E-state index in [2.05, 4.69) is 12.2 Å². The molecule has 5 heteroatoms. The van der Waals surface area contributed by atoms with E-state index >= 15 is 0 Å². The highest BCUT2D eigenvalue weighted by molar-refractivity contribution is 6.30. The number of carbonyl (C=O) groups excluding carboxylic acids is 1. The number of ether oxygens (including phenoxy) is 1. The van der Waals surface area contributed by atoms with Crippen LogP contribution in [0, 0.1) is 0 Å². The predicted molar refractivity (Wildman–Crippen MR) is 109 cm³/mol. The Morgan fingerprint density at radius 3 is 2.62 bits per heavy atom. The van der Waals surface area contributed by atoms with E-state index in [1.165, 1.54) is 0 Å². The average molecular weight is 373 g/mol. The van der Waals surface area contributed by atoms with Gasteiger partial charge in [0.05, 0.1) is 7.11 Å². The van der Waals surface area contributed by atoms with Gasteiger partial charge in [-0.2, -0.15) is 0 Å². The molecule has 0 saturated carbocycles. The lowest BCUT2D eigenvalue weighted by Crippen LogP contribution is -2.35. The molecule has 0 atom stereocenters. The number of hydrogen-bond donors (Lipinski definition) is 1. The van der Waals surface area contributed by atoms with Crippen LogP contribution in [0.15, 0.2) is 54.6 Å². The van der Waals surface area contributed by atoms with Crippen molar-refractivity contribution < 1.29 is 9.53 Å². The average Bonchev–Trinajstić information content (AvgIpc) is 2.66. The molecule has 0 heterocycles. The summed E-state index contributed by atoms with van der Waals surface area (Å²) in [4.78, 5) is 14.4. The minimum Gasteiger partial charge on any atom is -0.496 e. The quantitative estimate of drug-likeness (QED) is 0.646. The second-order valence-corrected chi connectivity index (χ2v) is 6.32. The van der Waals surface area contributed by atoms with Crippen LogP contribution >= 0.6 is 11.6 Å². The fourth-order valence-corrected chi connectivity index (χ4v) is 2.60. The van der Waals surface area contributed by atoms with E-state index in [0.717, 1.165) is 29.8 Å². The fraction of sp³-hybridized carbons (Fsp3) is 0.286. The molecule has 26 heavy (non-hydrogen) atoms. The number of nitrogens with zero attached hydrogens (tertiary/aromatic N) is 1. The van der Waals surface area contributed by atoms with Gasteiger partial charge in [0.1, 0.15) is 5.75 Å². The van der Waals surface area contributed by atoms with Crippen LogP contribution in [0.2, 0.25) is 5.02 Å². The first kappa shape index (κ1) is 19.9. The number of hydrogen-bond acceptors (Lipinski definition) is 2. The number of unbranched alkanes of at least 4 members (excludes halogenated alkanes) is 1. The minimum atomic E-state index is -0.120. The zero-order chi connectivity index (χ0) is 18.8. The molecule has 0 radical (unpaired) electrons. The first-order valence-corrected chi connectivity index (χ1v) is 9.13. The molecule has 0 aliphatic carbocycles. The number of nitrogens with one attached hydrogen (secondary N) is 1. The normalized spacial score (nSPS) is 10.7. The Balaban J connectivity index is 2.02. The summed E-state index contributed by atoms with van der Waals surface area (Å²) in [6.45, 7) is 3.34. The van der Waals surface area contributed by atoms with Crippen molar-refractivity contribution in [3.63, 3.8) is 0 Å². The summed E-state index contributed by atoms with van der Waals surface area (Å²) in [5.74, 6) is 0.814. The van der Waals surface area contributed by atoms with Crippen molar-refractivity contribution in [1.82, 2.24) is 4.90 Å². The Bertz CT molecular complexity index is 729. The Morgan fingerprint density at radius 2 is 1.92 bits per heavy atom. The first-order chi connectivity index (χ1) is 12.6. The van der Waals surface area contributed by atoms with E-state index in [9.17, 15) is 4.79 Å².